The first-order valence-corrected chi connectivity index (χ1v) is 12.1. The minimum absolute atomic E-state index is 0.00491. The Labute approximate surface area is 192 Å². The van der Waals surface area contributed by atoms with Crippen molar-refractivity contribution in [3.05, 3.63) is 16.7 Å². The maximum Gasteiger partial charge on any atom is 0.532 e. The van der Waals surface area contributed by atoms with E-state index in [-0.39, 0.29) is 36.6 Å². The molecule has 1 unspecified atom stereocenters. The predicted octanol–water partition coefficient (Wildman–Crippen LogP) is 0.434. The van der Waals surface area contributed by atoms with Gasteiger partial charge in [0.25, 0.3) is 11.8 Å². The Morgan fingerprint density at radius 1 is 1.29 bits per heavy atom. The van der Waals surface area contributed by atoms with Gasteiger partial charge in [-0.3, -0.25) is 28.4 Å². The molecule has 0 aromatic carbocycles. The predicted molar refractivity (Wildman–Crippen MR) is 112 cm³/mol. The summed E-state index contributed by atoms with van der Waals surface area (Å²) in [5.41, 5.74) is 4.97. The number of aromatic amines is 1. The Balaban J connectivity index is 1.59. The minimum atomic E-state index is -4.28. The Hall–Kier alpha value is -3.00. The molecule has 15 nitrogen and oxygen atoms in total. The number of nitrogens with two attached hydrogens (primary N) is 1. The maximum atomic E-state index is 12.9. The number of carbonyl (C=O) groups is 2. The number of esters is 1. The third-order valence-corrected chi connectivity index (χ3v) is 6.31. The number of H-pyrrole nitrogens is 1. The van der Waals surface area contributed by atoms with Crippen LogP contribution in [0.25, 0.3) is 11.2 Å². The van der Waals surface area contributed by atoms with Gasteiger partial charge in [-0.05, 0) is 12.8 Å². The van der Waals surface area contributed by atoms with Crippen LogP contribution in [-0.2, 0) is 37.2 Å². The molecule has 0 spiro atoms. The lowest BCUT2D eigenvalue weighted by Crippen LogP contribution is -2.44. The first kappa shape index (κ1) is 24.1. The summed E-state index contributed by atoms with van der Waals surface area (Å²) in [7, 11) is -4.28. The van der Waals surface area contributed by atoms with Crippen molar-refractivity contribution in [2.75, 3.05) is 12.3 Å². The van der Waals surface area contributed by atoms with E-state index in [1.807, 2.05) is 0 Å². The molecule has 3 N–H and O–H groups in total. The van der Waals surface area contributed by atoms with Gasteiger partial charge in [0.2, 0.25) is 11.6 Å². The number of hydrogen-bond acceptors (Lipinski definition) is 13. The standard InChI is InChI=1S/C18H24N5O10P/c1-3-5-10(24)30-14-13-9(7-28-34(27,33-13)32-11(25)6-4-2)29-17(14)31-23-8-20-12-15(23)21-18(19)22-16(12)26/h8-9,13-14,17H,3-7H2,1-2H3,(H3,19,21,22,26)/t9-,13-,14-,17+,34?/m1/s1. The van der Waals surface area contributed by atoms with Crippen LogP contribution in [0.1, 0.15) is 39.5 Å². The summed E-state index contributed by atoms with van der Waals surface area (Å²) in [6.07, 6.45) is -2.24. The van der Waals surface area contributed by atoms with Crippen LogP contribution in [0, 0.1) is 0 Å². The number of rotatable bonds is 8. The number of hydrogen-bond donors (Lipinski definition) is 2. The largest absolute Gasteiger partial charge is 0.532 e. The van der Waals surface area contributed by atoms with Crippen LogP contribution < -0.4 is 16.1 Å². The van der Waals surface area contributed by atoms with Crippen LogP contribution in [0.4, 0.5) is 5.95 Å². The second-order valence-corrected chi connectivity index (χ2v) is 9.12. The number of nitrogens with zero attached hydrogens (tertiary/aromatic N) is 3. The van der Waals surface area contributed by atoms with E-state index in [9.17, 15) is 18.9 Å². The summed E-state index contributed by atoms with van der Waals surface area (Å²) in [6.45, 7) is 3.27. The number of nitrogens with one attached hydrogen (secondary N) is 1. The number of ether oxygens (including phenoxy) is 2. The zero-order chi connectivity index (χ0) is 24.5. The van der Waals surface area contributed by atoms with Gasteiger partial charge < -0.3 is 24.6 Å². The summed E-state index contributed by atoms with van der Waals surface area (Å²) in [6, 6.07) is 0. The molecule has 34 heavy (non-hydrogen) atoms. The van der Waals surface area contributed by atoms with Gasteiger partial charge in [0.1, 0.15) is 18.5 Å². The highest BCUT2D eigenvalue weighted by Gasteiger charge is 2.57. The van der Waals surface area contributed by atoms with Crippen molar-refractivity contribution < 1.29 is 42.0 Å². The summed E-state index contributed by atoms with van der Waals surface area (Å²) < 4.78 is 40.8. The quantitative estimate of drug-likeness (QED) is 0.373. The van der Waals surface area contributed by atoms with Crippen LogP contribution in [0.2, 0.25) is 0 Å². The zero-order valence-corrected chi connectivity index (χ0v) is 19.3. The van der Waals surface area contributed by atoms with Gasteiger partial charge >= 0.3 is 19.8 Å². The van der Waals surface area contributed by atoms with Gasteiger partial charge in [0.05, 0.1) is 6.61 Å². The SMILES string of the molecule is CCCC(=O)O[C@H]1[C@H](On2cnc3c(=O)[nH]c(N)nc32)O[C@@H]2COP(=O)(OC(=O)CCC)O[C@@H]12. The van der Waals surface area contributed by atoms with Gasteiger partial charge in [-0.15, -0.1) is 4.73 Å². The average Bonchev–Trinajstić information content (AvgIpc) is 3.30. The second kappa shape index (κ2) is 9.70. The van der Waals surface area contributed by atoms with Crippen molar-refractivity contribution in [1.82, 2.24) is 19.7 Å². The van der Waals surface area contributed by atoms with E-state index >= 15 is 0 Å². The molecule has 4 heterocycles. The molecule has 2 saturated heterocycles. The lowest BCUT2D eigenvalue weighted by molar-refractivity contribution is -0.187. The average molecular weight is 501 g/mol. The third kappa shape index (κ3) is 4.92. The molecule has 0 saturated carbocycles. The molecule has 0 bridgehead atoms. The Bertz CT molecular complexity index is 1180. The summed E-state index contributed by atoms with van der Waals surface area (Å²) in [5, 5.41) is 0. The Morgan fingerprint density at radius 2 is 2.03 bits per heavy atom. The van der Waals surface area contributed by atoms with E-state index < -0.39 is 49.9 Å². The molecule has 16 heteroatoms. The highest BCUT2D eigenvalue weighted by Crippen LogP contribution is 2.56. The third-order valence-electron chi connectivity index (χ3n) is 4.92. The van der Waals surface area contributed by atoms with Crippen LogP contribution in [0.5, 0.6) is 0 Å². The topological polar surface area (TPSA) is 196 Å². The van der Waals surface area contributed by atoms with Gasteiger partial charge in [-0.1, -0.05) is 13.8 Å². The van der Waals surface area contributed by atoms with E-state index in [1.165, 1.54) is 0 Å². The molecule has 2 aromatic rings. The number of anilines is 1. The number of nitrogen functional groups attached to an aromatic ring is 1. The summed E-state index contributed by atoms with van der Waals surface area (Å²) in [5.74, 6) is -1.50. The van der Waals surface area contributed by atoms with E-state index in [1.54, 1.807) is 13.8 Å². The Kier molecular flexibility index (Phi) is 6.89. The van der Waals surface area contributed by atoms with Gasteiger partial charge in [0, 0.05) is 12.8 Å². The van der Waals surface area contributed by atoms with Crippen molar-refractivity contribution in [2.24, 2.45) is 0 Å². The van der Waals surface area contributed by atoms with Crippen LogP contribution >= 0.6 is 7.82 Å². The lowest BCUT2D eigenvalue weighted by atomic mass is 10.1. The van der Waals surface area contributed by atoms with Crippen LogP contribution in [-0.4, -0.2) is 62.8 Å². The van der Waals surface area contributed by atoms with E-state index in [2.05, 4.69) is 15.0 Å². The molecule has 5 atom stereocenters. The number of imidazole rings is 1. The minimum Gasteiger partial charge on any atom is -0.453 e. The first-order valence-electron chi connectivity index (χ1n) is 10.6. The normalized spacial score (nSPS) is 28.4. The molecule has 2 aliphatic heterocycles. The van der Waals surface area contributed by atoms with Crippen molar-refractivity contribution in [3.8, 4) is 0 Å². The van der Waals surface area contributed by atoms with Gasteiger partial charge in [-0.25, -0.2) is 9.55 Å². The molecule has 2 fully saturated rings. The molecule has 2 aromatic heterocycles. The molecule has 0 amide bonds. The molecular formula is C18H24N5O10P. The summed E-state index contributed by atoms with van der Waals surface area (Å²) in [4.78, 5) is 52.2. The Morgan fingerprint density at radius 3 is 2.76 bits per heavy atom. The molecule has 0 radical (unpaired) electrons. The van der Waals surface area contributed by atoms with E-state index in [4.69, 9.17) is 33.6 Å². The van der Waals surface area contributed by atoms with Crippen molar-refractivity contribution >= 4 is 36.9 Å². The highest BCUT2D eigenvalue weighted by molar-refractivity contribution is 7.49. The fourth-order valence-corrected chi connectivity index (χ4v) is 4.82. The van der Waals surface area contributed by atoms with Crippen molar-refractivity contribution in [2.45, 2.75) is 64.1 Å². The van der Waals surface area contributed by atoms with Crippen molar-refractivity contribution in [3.63, 3.8) is 0 Å². The zero-order valence-electron chi connectivity index (χ0n) is 18.4. The molecular weight excluding hydrogens is 477 g/mol. The molecule has 2 aliphatic rings. The lowest BCUT2D eigenvalue weighted by Gasteiger charge is -2.31. The smallest absolute Gasteiger partial charge is 0.453 e. The number of phosphoric acid groups is 1. The van der Waals surface area contributed by atoms with Gasteiger partial charge in [-0.2, -0.15) is 4.98 Å². The molecule has 4 rings (SSSR count). The number of carbonyl (C=O) groups excluding carboxylic acids is 2. The van der Waals surface area contributed by atoms with Crippen molar-refractivity contribution in [1.29, 1.82) is 0 Å². The molecule has 0 aliphatic carbocycles. The second-order valence-electron chi connectivity index (χ2n) is 7.57. The fraction of sp³-hybridized carbons (Fsp3) is 0.611. The molecule has 186 valence electrons. The summed E-state index contributed by atoms with van der Waals surface area (Å²) >= 11 is 0. The first-order chi connectivity index (χ1) is 16.2. The monoisotopic (exact) mass is 501 g/mol. The van der Waals surface area contributed by atoms with Crippen LogP contribution in [0.3, 0.4) is 0 Å². The number of fused-ring (bicyclic) bond motifs is 2. The fourth-order valence-electron chi connectivity index (χ4n) is 3.44. The number of aromatic nitrogens is 4. The van der Waals surface area contributed by atoms with Crippen LogP contribution in [0.15, 0.2) is 11.1 Å². The maximum absolute atomic E-state index is 12.9. The highest BCUT2D eigenvalue weighted by atomic mass is 31.2. The number of phosphoric ester groups is 1. The van der Waals surface area contributed by atoms with E-state index in [0.29, 0.717) is 12.8 Å². The van der Waals surface area contributed by atoms with Gasteiger partial charge in [0.15, 0.2) is 11.6 Å². The van der Waals surface area contributed by atoms with E-state index in [0.717, 1.165) is 11.1 Å².